The smallest absolute Gasteiger partial charge is 0.338 e. The summed E-state index contributed by atoms with van der Waals surface area (Å²) in [5.74, 6) is -0.840. The van der Waals surface area contributed by atoms with E-state index in [1.54, 1.807) is 0 Å². The lowest BCUT2D eigenvalue weighted by Crippen LogP contribution is -2.26. The molecule has 3 aliphatic rings. The number of carbonyl (C=O) groups is 1. The van der Waals surface area contributed by atoms with E-state index in [9.17, 15) is 4.79 Å². The summed E-state index contributed by atoms with van der Waals surface area (Å²) in [4.78, 5) is 14.3. The number of thioether (sulfide) groups is 1. The number of hydrogen-bond donors (Lipinski definition) is 0. The molecule has 0 bridgehead atoms. The highest BCUT2D eigenvalue weighted by molar-refractivity contribution is 9.10. The van der Waals surface area contributed by atoms with E-state index >= 15 is 0 Å². The van der Waals surface area contributed by atoms with Gasteiger partial charge in [-0.15, -0.1) is 11.8 Å². The van der Waals surface area contributed by atoms with Crippen molar-refractivity contribution in [2.75, 3.05) is 6.61 Å². The number of ether oxygens (including phenoxy) is 3. The average Bonchev–Trinajstić information content (AvgIpc) is 3.58. The summed E-state index contributed by atoms with van der Waals surface area (Å²) < 4.78 is 20.1. The number of carbonyl (C=O) groups excluding carboxylic acids is 1. The van der Waals surface area contributed by atoms with Gasteiger partial charge in [-0.3, -0.25) is 0 Å². The Morgan fingerprint density at radius 1 is 0.974 bits per heavy atom. The van der Waals surface area contributed by atoms with Crippen molar-refractivity contribution in [3.8, 4) is 0 Å². The Hall–Kier alpha value is -2.38. The zero-order chi connectivity index (χ0) is 26.8. The zero-order valence-corrected chi connectivity index (χ0v) is 24.5. The van der Waals surface area contributed by atoms with Gasteiger partial charge in [0.1, 0.15) is 12.2 Å². The van der Waals surface area contributed by atoms with Crippen LogP contribution in [0.1, 0.15) is 67.9 Å². The molecule has 3 atom stereocenters. The summed E-state index contributed by atoms with van der Waals surface area (Å²) >= 11 is 5.64. The van der Waals surface area contributed by atoms with Crippen LogP contribution in [0.15, 0.2) is 94.3 Å². The highest BCUT2D eigenvalue weighted by Crippen LogP contribution is 2.54. The van der Waals surface area contributed by atoms with Gasteiger partial charge in [0.15, 0.2) is 5.79 Å². The first-order chi connectivity index (χ1) is 19.0. The lowest BCUT2D eigenvalue weighted by Gasteiger charge is -2.23. The Morgan fingerprint density at radius 3 is 2.18 bits per heavy atom. The summed E-state index contributed by atoms with van der Waals surface area (Å²) in [6, 6.07) is 26.9. The number of halogens is 1. The molecule has 0 aromatic heterocycles. The lowest BCUT2D eigenvalue weighted by atomic mass is 9.98. The maximum absolute atomic E-state index is 13.1. The second kappa shape index (κ2) is 11.6. The fourth-order valence-electron chi connectivity index (χ4n) is 5.61. The van der Waals surface area contributed by atoms with E-state index in [1.807, 2.05) is 61.2 Å². The molecule has 1 heterocycles. The minimum atomic E-state index is -0.687. The normalized spacial score (nSPS) is 24.3. The summed E-state index contributed by atoms with van der Waals surface area (Å²) in [7, 11) is 0. The van der Waals surface area contributed by atoms with Gasteiger partial charge in [0.25, 0.3) is 0 Å². The number of benzene rings is 3. The molecule has 2 saturated carbocycles. The maximum Gasteiger partial charge on any atom is 0.338 e. The van der Waals surface area contributed by atoms with E-state index in [0.717, 1.165) is 34.0 Å². The molecule has 0 amide bonds. The first kappa shape index (κ1) is 26.8. The number of hydrogen-bond acceptors (Lipinski definition) is 5. The molecule has 2 aliphatic carbocycles. The number of rotatable bonds is 8. The van der Waals surface area contributed by atoms with Crippen molar-refractivity contribution in [3.05, 3.63) is 106 Å². The van der Waals surface area contributed by atoms with Gasteiger partial charge in [-0.2, -0.15) is 0 Å². The highest BCUT2D eigenvalue weighted by Gasteiger charge is 2.52. The van der Waals surface area contributed by atoms with Gasteiger partial charge >= 0.3 is 5.97 Å². The van der Waals surface area contributed by atoms with Crippen LogP contribution < -0.4 is 0 Å². The monoisotopic (exact) mass is 604 g/mol. The van der Waals surface area contributed by atoms with Gasteiger partial charge in [-0.25, -0.2) is 4.79 Å². The molecule has 202 valence electrons. The molecule has 6 rings (SSSR count). The standard InChI is InChI=1S/C33H33BrO4S/c1-2-36-32(35)27(25-13-16-29(28(34)20-25)39-26-14-15-26)19-22-17-18-33(21-22)37-30(23-9-5-3-6-10-23)31(38-33)24-11-7-4-8-12-24/h3-13,16,19-20,22,26,30-31H,2,14-15,17-18,21H2,1H3/b27-19-/t22-,30-,31-/m0/s1. The van der Waals surface area contributed by atoms with Gasteiger partial charge in [-0.05, 0) is 76.9 Å². The van der Waals surface area contributed by atoms with Crippen molar-refractivity contribution in [2.45, 2.75) is 67.2 Å². The second-order valence-electron chi connectivity index (χ2n) is 10.6. The van der Waals surface area contributed by atoms with Crippen molar-refractivity contribution in [1.82, 2.24) is 0 Å². The summed E-state index contributed by atoms with van der Waals surface area (Å²) in [6.07, 6.45) is 6.61. The van der Waals surface area contributed by atoms with Crippen LogP contribution in [0.25, 0.3) is 5.57 Å². The molecule has 0 radical (unpaired) electrons. The molecule has 1 spiro atoms. The Morgan fingerprint density at radius 2 is 1.62 bits per heavy atom. The molecule has 0 N–H and O–H groups in total. The lowest BCUT2D eigenvalue weighted by molar-refractivity contribution is -0.172. The van der Waals surface area contributed by atoms with Crippen LogP contribution in [-0.4, -0.2) is 23.6 Å². The minimum Gasteiger partial charge on any atom is -0.462 e. The Labute approximate surface area is 243 Å². The topological polar surface area (TPSA) is 44.8 Å². The second-order valence-corrected chi connectivity index (χ2v) is 12.8. The summed E-state index contributed by atoms with van der Waals surface area (Å²) in [5.41, 5.74) is 3.71. The minimum absolute atomic E-state index is 0.134. The van der Waals surface area contributed by atoms with E-state index < -0.39 is 5.79 Å². The van der Waals surface area contributed by atoms with Crippen molar-refractivity contribution >= 4 is 39.2 Å². The predicted molar refractivity (Wildman–Crippen MR) is 158 cm³/mol. The third-order valence-electron chi connectivity index (χ3n) is 7.64. The first-order valence-electron chi connectivity index (χ1n) is 13.8. The van der Waals surface area contributed by atoms with E-state index in [-0.39, 0.29) is 24.1 Å². The largest absolute Gasteiger partial charge is 0.462 e. The molecule has 1 aliphatic heterocycles. The molecule has 3 aromatic carbocycles. The van der Waals surface area contributed by atoms with Crippen LogP contribution in [0.5, 0.6) is 0 Å². The quantitative estimate of drug-likeness (QED) is 0.190. The zero-order valence-electron chi connectivity index (χ0n) is 22.1. The third-order valence-corrected chi connectivity index (χ3v) is 9.98. The van der Waals surface area contributed by atoms with Gasteiger partial charge in [0.2, 0.25) is 0 Å². The molecule has 6 heteroatoms. The van der Waals surface area contributed by atoms with Crippen LogP contribution in [0, 0.1) is 5.92 Å². The SMILES string of the molecule is CCOC(=O)/C(=C\[C@@H]1CCC2(C1)O[C@@H](c1ccccc1)[C@H](c1ccccc1)O2)c1ccc(SC2CC2)c(Br)c1. The predicted octanol–water partition coefficient (Wildman–Crippen LogP) is 8.68. The number of esters is 1. The Balaban J connectivity index is 1.26. The van der Waals surface area contributed by atoms with Crippen LogP contribution in [-0.2, 0) is 19.0 Å². The van der Waals surface area contributed by atoms with Crippen molar-refractivity contribution in [3.63, 3.8) is 0 Å². The highest BCUT2D eigenvalue weighted by atomic mass is 79.9. The molecular formula is C33H33BrO4S. The molecule has 3 fully saturated rings. The van der Waals surface area contributed by atoms with E-state index in [1.165, 1.54) is 17.7 Å². The van der Waals surface area contributed by atoms with Crippen LogP contribution >= 0.6 is 27.7 Å². The fourth-order valence-corrected chi connectivity index (χ4v) is 7.31. The molecule has 4 nitrogen and oxygen atoms in total. The van der Waals surface area contributed by atoms with Gasteiger partial charge in [0, 0.05) is 27.5 Å². The maximum atomic E-state index is 13.1. The van der Waals surface area contributed by atoms with Crippen molar-refractivity contribution < 1.29 is 19.0 Å². The van der Waals surface area contributed by atoms with Crippen molar-refractivity contribution in [2.24, 2.45) is 5.92 Å². The molecule has 1 saturated heterocycles. The van der Waals surface area contributed by atoms with Crippen molar-refractivity contribution in [1.29, 1.82) is 0 Å². The Bertz CT molecular complexity index is 1290. The van der Waals surface area contributed by atoms with Crippen LogP contribution in [0.4, 0.5) is 0 Å². The fraction of sp³-hybridized carbons (Fsp3) is 0.364. The third kappa shape index (κ3) is 6.04. The van der Waals surface area contributed by atoms with E-state index in [4.69, 9.17) is 14.2 Å². The van der Waals surface area contributed by atoms with Crippen LogP contribution in [0.3, 0.4) is 0 Å². The number of allylic oxidation sites excluding steroid dienone is 1. The van der Waals surface area contributed by atoms with E-state index in [0.29, 0.717) is 23.9 Å². The van der Waals surface area contributed by atoms with Gasteiger partial charge in [0.05, 0.1) is 12.2 Å². The molecular weight excluding hydrogens is 572 g/mol. The summed E-state index contributed by atoms with van der Waals surface area (Å²) in [6.45, 7) is 2.18. The van der Waals surface area contributed by atoms with Gasteiger partial charge in [-0.1, -0.05) is 72.8 Å². The van der Waals surface area contributed by atoms with Crippen LogP contribution in [0.2, 0.25) is 0 Å². The van der Waals surface area contributed by atoms with Gasteiger partial charge < -0.3 is 14.2 Å². The molecule has 39 heavy (non-hydrogen) atoms. The Kier molecular flexibility index (Phi) is 7.99. The first-order valence-corrected chi connectivity index (χ1v) is 15.5. The summed E-state index contributed by atoms with van der Waals surface area (Å²) in [5, 5.41) is 0.715. The molecule has 0 unspecified atom stereocenters. The molecule has 3 aromatic rings. The average molecular weight is 606 g/mol. The van der Waals surface area contributed by atoms with E-state index in [2.05, 4.69) is 58.4 Å².